The zero-order chi connectivity index (χ0) is 28.4. The van der Waals surface area contributed by atoms with Crippen LogP contribution < -0.4 is 11.1 Å². The number of aliphatic hydroxyl groups is 2. The third kappa shape index (κ3) is 5.79. The first-order valence-electron chi connectivity index (χ1n) is 13.0. The van der Waals surface area contributed by atoms with Gasteiger partial charge in [-0.15, -0.1) is 0 Å². The van der Waals surface area contributed by atoms with Crippen molar-refractivity contribution in [1.82, 2.24) is 24.8 Å². The highest BCUT2D eigenvalue weighted by molar-refractivity contribution is 6.33. The highest BCUT2D eigenvalue weighted by atomic mass is 35.5. The fourth-order valence-electron chi connectivity index (χ4n) is 5.46. The van der Waals surface area contributed by atoms with Gasteiger partial charge >= 0.3 is 0 Å². The van der Waals surface area contributed by atoms with Gasteiger partial charge < -0.3 is 30.7 Å². The SMILES string of the molecule is NC(=O)c1cccc(C#CCN(C[C@H]2C[C@@H](n3ccc4c(Cl)ncnc43)[C@H](O)[C@@H]2O)C(=O)CC2CCC(=O)N2)c1. The average Bonchev–Trinajstić information content (AvgIpc) is 3.62. The lowest BCUT2D eigenvalue weighted by atomic mass is 10.0. The van der Waals surface area contributed by atoms with Gasteiger partial charge in [-0.25, -0.2) is 9.97 Å². The Morgan fingerprint density at radius 1 is 1.23 bits per heavy atom. The lowest BCUT2D eigenvalue weighted by Crippen LogP contribution is -2.42. The van der Waals surface area contributed by atoms with E-state index in [9.17, 15) is 24.6 Å². The van der Waals surface area contributed by atoms with E-state index in [1.165, 1.54) is 6.33 Å². The van der Waals surface area contributed by atoms with Crippen molar-refractivity contribution < 1.29 is 24.6 Å². The number of nitrogens with zero attached hydrogens (tertiary/aromatic N) is 4. The van der Waals surface area contributed by atoms with E-state index in [1.807, 2.05) is 0 Å². The molecule has 0 spiro atoms. The van der Waals surface area contributed by atoms with Crippen LogP contribution in [0.5, 0.6) is 0 Å². The fourth-order valence-corrected chi connectivity index (χ4v) is 5.65. The van der Waals surface area contributed by atoms with Crippen molar-refractivity contribution in [2.24, 2.45) is 11.7 Å². The van der Waals surface area contributed by atoms with E-state index in [0.717, 1.165) is 0 Å². The molecule has 5 rings (SSSR count). The standard InChI is InChI=1S/C28H29ClN6O5/c29-26-20-8-10-35(28(20)32-15-31-26)21-12-18(24(38)25(21)39)14-34(23(37)13-19-6-7-22(36)33-19)9-2-4-16-3-1-5-17(11-16)27(30)40/h1,3,5,8,10-11,15,18-19,21,24-25,38-39H,6-7,9,12-14H2,(H2,30,40)(H,33,36)/t18-,19?,21-,24-,25+/m1/s1. The Labute approximate surface area is 235 Å². The zero-order valence-electron chi connectivity index (χ0n) is 21.5. The van der Waals surface area contributed by atoms with Gasteiger partial charge in [0.05, 0.1) is 24.1 Å². The van der Waals surface area contributed by atoms with Gasteiger partial charge in [0.25, 0.3) is 0 Å². The number of nitrogens with one attached hydrogen (secondary N) is 1. The van der Waals surface area contributed by atoms with Crippen LogP contribution >= 0.6 is 11.6 Å². The summed E-state index contributed by atoms with van der Waals surface area (Å²) < 4.78 is 1.78. The number of amides is 3. The van der Waals surface area contributed by atoms with Crippen molar-refractivity contribution in [3.8, 4) is 11.8 Å². The van der Waals surface area contributed by atoms with Crippen molar-refractivity contribution in [2.75, 3.05) is 13.1 Å². The van der Waals surface area contributed by atoms with Gasteiger partial charge in [-0.3, -0.25) is 14.4 Å². The molecule has 5 N–H and O–H groups in total. The average molecular weight is 565 g/mol. The molecule has 0 radical (unpaired) electrons. The summed E-state index contributed by atoms with van der Waals surface area (Å²) in [7, 11) is 0. The second kappa shape index (κ2) is 11.6. The van der Waals surface area contributed by atoms with Crippen LogP contribution in [-0.2, 0) is 9.59 Å². The van der Waals surface area contributed by atoms with E-state index >= 15 is 0 Å². The summed E-state index contributed by atoms with van der Waals surface area (Å²) in [5.41, 5.74) is 6.81. The molecule has 2 aromatic heterocycles. The number of carbonyl (C=O) groups excluding carboxylic acids is 3. The summed E-state index contributed by atoms with van der Waals surface area (Å²) in [6.45, 7) is 0.207. The van der Waals surface area contributed by atoms with Gasteiger partial charge in [-0.2, -0.15) is 0 Å². The number of hydrogen-bond acceptors (Lipinski definition) is 7. The van der Waals surface area contributed by atoms with Crippen LogP contribution in [0.1, 0.15) is 47.6 Å². The Bertz CT molecular complexity index is 1510. The van der Waals surface area contributed by atoms with Gasteiger partial charge in [-0.1, -0.05) is 29.5 Å². The lowest BCUT2D eigenvalue weighted by Gasteiger charge is -2.27. The fraction of sp³-hybridized carbons (Fsp3) is 0.393. The number of hydrogen-bond donors (Lipinski definition) is 4. The monoisotopic (exact) mass is 564 g/mol. The Hall–Kier alpha value is -3.98. The number of carbonyl (C=O) groups is 3. The van der Waals surface area contributed by atoms with Crippen LogP contribution in [0.3, 0.4) is 0 Å². The summed E-state index contributed by atoms with van der Waals surface area (Å²) in [6.07, 6.45) is 2.35. The maximum absolute atomic E-state index is 13.4. The molecule has 12 heteroatoms. The van der Waals surface area contributed by atoms with Crippen LogP contribution in [0, 0.1) is 17.8 Å². The summed E-state index contributed by atoms with van der Waals surface area (Å²) in [5.74, 6) is 4.64. The molecule has 3 amide bonds. The van der Waals surface area contributed by atoms with Crippen molar-refractivity contribution >= 4 is 40.4 Å². The number of benzene rings is 1. The molecule has 40 heavy (non-hydrogen) atoms. The van der Waals surface area contributed by atoms with E-state index < -0.39 is 30.1 Å². The summed E-state index contributed by atoms with van der Waals surface area (Å²) in [6, 6.07) is 7.60. The molecule has 2 aliphatic rings. The van der Waals surface area contributed by atoms with E-state index in [2.05, 4.69) is 27.1 Å². The Morgan fingerprint density at radius 3 is 2.80 bits per heavy atom. The highest BCUT2D eigenvalue weighted by Crippen LogP contribution is 2.38. The lowest BCUT2D eigenvalue weighted by molar-refractivity contribution is -0.132. The largest absolute Gasteiger partial charge is 0.390 e. The number of rotatable bonds is 7. The first-order chi connectivity index (χ1) is 19.2. The van der Waals surface area contributed by atoms with Crippen LogP contribution in [0.25, 0.3) is 11.0 Å². The molecular formula is C28H29ClN6O5. The molecular weight excluding hydrogens is 536 g/mol. The number of aromatic nitrogens is 3. The molecule has 2 fully saturated rings. The van der Waals surface area contributed by atoms with Gasteiger partial charge in [0, 0.05) is 48.7 Å². The minimum Gasteiger partial charge on any atom is -0.390 e. The Kier molecular flexibility index (Phi) is 8.02. The van der Waals surface area contributed by atoms with Crippen LogP contribution in [0.4, 0.5) is 0 Å². The number of nitrogens with two attached hydrogens (primary N) is 1. The van der Waals surface area contributed by atoms with Crippen molar-refractivity contribution in [1.29, 1.82) is 0 Å². The minimum atomic E-state index is -1.10. The molecule has 1 aliphatic carbocycles. The summed E-state index contributed by atoms with van der Waals surface area (Å²) in [5, 5.41) is 25.7. The van der Waals surface area contributed by atoms with Crippen molar-refractivity contribution in [3.05, 3.63) is 59.1 Å². The van der Waals surface area contributed by atoms with Gasteiger partial charge in [0.15, 0.2) is 0 Å². The van der Waals surface area contributed by atoms with Crippen LogP contribution in [0.2, 0.25) is 5.15 Å². The second-order valence-corrected chi connectivity index (χ2v) is 10.6. The zero-order valence-corrected chi connectivity index (χ0v) is 22.3. The van der Waals surface area contributed by atoms with Crippen LogP contribution in [-0.4, -0.2) is 78.7 Å². The van der Waals surface area contributed by atoms with Gasteiger partial charge in [0.2, 0.25) is 17.7 Å². The number of halogens is 1. The number of aliphatic hydroxyl groups excluding tert-OH is 2. The third-order valence-electron chi connectivity index (χ3n) is 7.55. The number of primary amides is 1. The van der Waals surface area contributed by atoms with E-state index in [1.54, 1.807) is 46.0 Å². The molecule has 1 aliphatic heterocycles. The Balaban J connectivity index is 1.35. The topological polar surface area (TPSA) is 164 Å². The molecule has 11 nitrogen and oxygen atoms in total. The normalized spacial score (nSPS) is 24.0. The molecule has 3 aromatic rings. The maximum atomic E-state index is 13.4. The van der Waals surface area contributed by atoms with Crippen molar-refractivity contribution in [2.45, 2.75) is 50.0 Å². The molecule has 208 valence electrons. The predicted molar refractivity (Wildman–Crippen MR) is 146 cm³/mol. The molecule has 1 saturated carbocycles. The van der Waals surface area contributed by atoms with Crippen molar-refractivity contribution in [3.63, 3.8) is 0 Å². The highest BCUT2D eigenvalue weighted by Gasteiger charge is 2.44. The first kappa shape index (κ1) is 27.6. The second-order valence-electron chi connectivity index (χ2n) is 10.2. The molecule has 3 heterocycles. The third-order valence-corrected chi connectivity index (χ3v) is 7.85. The molecule has 1 aromatic carbocycles. The predicted octanol–water partition coefficient (Wildman–Crippen LogP) is 1.02. The number of fused-ring (bicyclic) bond motifs is 1. The molecule has 1 saturated heterocycles. The van der Waals surface area contributed by atoms with Gasteiger partial charge in [0.1, 0.15) is 23.2 Å². The summed E-state index contributed by atoms with van der Waals surface area (Å²) >= 11 is 6.19. The smallest absolute Gasteiger partial charge is 0.248 e. The minimum absolute atomic E-state index is 0.0551. The maximum Gasteiger partial charge on any atom is 0.248 e. The molecule has 5 atom stereocenters. The Morgan fingerprint density at radius 2 is 2.05 bits per heavy atom. The molecule has 0 bridgehead atoms. The van der Waals surface area contributed by atoms with Gasteiger partial charge in [-0.05, 0) is 37.1 Å². The van der Waals surface area contributed by atoms with E-state index in [0.29, 0.717) is 46.6 Å². The van der Waals surface area contributed by atoms with E-state index in [4.69, 9.17) is 17.3 Å². The van der Waals surface area contributed by atoms with E-state index in [-0.39, 0.29) is 37.4 Å². The van der Waals surface area contributed by atoms with Crippen LogP contribution in [0.15, 0.2) is 42.9 Å². The first-order valence-corrected chi connectivity index (χ1v) is 13.4. The molecule has 1 unspecified atom stereocenters. The quantitative estimate of drug-likeness (QED) is 0.246. The summed E-state index contributed by atoms with van der Waals surface area (Å²) in [4.78, 5) is 46.3.